The minimum Gasteiger partial charge on any atom is -0.478 e. The van der Waals surface area contributed by atoms with Crippen LogP contribution in [-0.2, 0) is 10.0 Å². The summed E-state index contributed by atoms with van der Waals surface area (Å²) < 4.78 is 25.9. The second kappa shape index (κ2) is 5.31. The number of sulfonamides is 1. The molecule has 90 valence electrons. The summed E-state index contributed by atoms with van der Waals surface area (Å²) in [4.78, 5) is 10.6. The van der Waals surface area contributed by atoms with Gasteiger partial charge < -0.3 is 5.11 Å². The van der Waals surface area contributed by atoms with Crippen molar-refractivity contribution in [1.29, 1.82) is 0 Å². The fourth-order valence-electron chi connectivity index (χ4n) is 1.06. The fraction of sp³-hybridized carbons (Fsp3) is 0.100. The molecule has 0 unspecified atom stereocenters. The molecule has 0 fully saturated rings. The number of carbonyl (C=O) groups is 1. The molecule has 0 aliphatic rings. The molecule has 0 saturated carbocycles. The summed E-state index contributed by atoms with van der Waals surface area (Å²) in [6.45, 7) is -0.161. The third-order valence-corrected chi connectivity index (χ3v) is 4.23. The highest BCUT2D eigenvalue weighted by molar-refractivity contribution is 9.10. The number of carboxylic acids is 1. The Kier molecular flexibility index (Phi) is 4.28. The second-order valence-corrected chi connectivity index (χ2v) is 5.57. The van der Waals surface area contributed by atoms with Crippen molar-refractivity contribution in [1.82, 2.24) is 4.72 Å². The zero-order valence-corrected chi connectivity index (χ0v) is 10.9. The first kappa shape index (κ1) is 13.7. The van der Waals surface area contributed by atoms with E-state index in [1.807, 2.05) is 0 Å². The van der Waals surface area contributed by atoms with Crippen molar-refractivity contribution in [2.24, 2.45) is 0 Å². The number of carboxylic acid groups (broad SMARTS) is 1. The Morgan fingerprint density at radius 1 is 1.53 bits per heavy atom. The average Bonchev–Trinajstić information content (AvgIpc) is 2.26. The van der Waals surface area contributed by atoms with Gasteiger partial charge in [0.05, 0.1) is 17.0 Å². The van der Waals surface area contributed by atoms with Gasteiger partial charge in [-0.1, -0.05) is 5.92 Å². The van der Waals surface area contributed by atoms with Crippen molar-refractivity contribution in [2.45, 2.75) is 4.90 Å². The van der Waals surface area contributed by atoms with Crippen LogP contribution in [0.2, 0.25) is 0 Å². The molecule has 0 aliphatic heterocycles. The van der Waals surface area contributed by atoms with E-state index < -0.39 is 16.0 Å². The summed E-state index contributed by atoms with van der Waals surface area (Å²) in [5.41, 5.74) is -0.116. The molecule has 0 bridgehead atoms. The maximum Gasteiger partial charge on any atom is 0.335 e. The zero-order chi connectivity index (χ0) is 13.1. The number of nitrogens with one attached hydrogen (secondary N) is 1. The van der Waals surface area contributed by atoms with Crippen LogP contribution in [0.5, 0.6) is 0 Å². The summed E-state index contributed by atoms with van der Waals surface area (Å²) in [5.74, 6) is 0.926. The normalized spacial score (nSPS) is 10.8. The number of aromatic carboxylic acids is 1. The van der Waals surface area contributed by atoms with Crippen LogP contribution in [0.3, 0.4) is 0 Å². The van der Waals surface area contributed by atoms with Crippen LogP contribution in [0, 0.1) is 12.3 Å². The van der Waals surface area contributed by atoms with Crippen LogP contribution in [0.25, 0.3) is 0 Å². The zero-order valence-electron chi connectivity index (χ0n) is 8.47. The highest BCUT2D eigenvalue weighted by Gasteiger charge is 2.18. The molecular weight excluding hydrogens is 310 g/mol. The summed E-state index contributed by atoms with van der Waals surface area (Å²) in [6.07, 6.45) is 4.95. The smallest absolute Gasteiger partial charge is 0.335 e. The average molecular weight is 318 g/mol. The lowest BCUT2D eigenvalue weighted by Crippen LogP contribution is -2.24. The molecule has 17 heavy (non-hydrogen) atoms. The maximum absolute atomic E-state index is 11.8. The van der Waals surface area contributed by atoms with Crippen molar-refractivity contribution in [3.05, 3.63) is 28.2 Å². The van der Waals surface area contributed by atoms with Gasteiger partial charge in [0.1, 0.15) is 0 Å². The number of hydrogen-bond acceptors (Lipinski definition) is 3. The number of hydrogen-bond donors (Lipinski definition) is 2. The van der Waals surface area contributed by atoms with E-state index in [0.717, 1.165) is 6.07 Å². The van der Waals surface area contributed by atoms with Gasteiger partial charge in [0, 0.05) is 4.47 Å². The Labute approximate surface area is 107 Å². The van der Waals surface area contributed by atoms with E-state index in [0.29, 0.717) is 0 Å². The van der Waals surface area contributed by atoms with Crippen LogP contribution in [-0.4, -0.2) is 26.0 Å². The van der Waals surface area contributed by atoms with Crippen LogP contribution < -0.4 is 4.72 Å². The van der Waals surface area contributed by atoms with Gasteiger partial charge in [0.2, 0.25) is 10.0 Å². The molecule has 0 heterocycles. The molecule has 0 saturated heterocycles. The lowest BCUT2D eigenvalue weighted by molar-refractivity contribution is 0.0696. The Morgan fingerprint density at radius 2 is 2.18 bits per heavy atom. The minimum atomic E-state index is -3.81. The maximum atomic E-state index is 11.8. The molecule has 0 spiro atoms. The van der Waals surface area contributed by atoms with E-state index in [-0.39, 0.29) is 21.5 Å². The first-order chi connectivity index (χ1) is 7.88. The van der Waals surface area contributed by atoms with Gasteiger partial charge in [0.15, 0.2) is 0 Å². The largest absolute Gasteiger partial charge is 0.478 e. The summed E-state index contributed by atoms with van der Waals surface area (Å²) in [5, 5.41) is 8.78. The van der Waals surface area contributed by atoms with Crippen molar-refractivity contribution in [3.63, 3.8) is 0 Å². The van der Waals surface area contributed by atoms with Gasteiger partial charge in [-0.25, -0.2) is 13.2 Å². The van der Waals surface area contributed by atoms with Crippen molar-refractivity contribution in [3.8, 4) is 12.3 Å². The van der Waals surface area contributed by atoms with Crippen LogP contribution in [0.15, 0.2) is 27.6 Å². The molecule has 7 heteroatoms. The SMILES string of the molecule is C#CCNS(=O)(=O)c1cc(C(=O)O)ccc1Br. The number of rotatable bonds is 4. The third kappa shape index (κ3) is 3.30. The molecule has 0 radical (unpaired) electrons. The molecule has 0 aliphatic carbocycles. The molecule has 1 aromatic carbocycles. The molecule has 1 aromatic rings. The molecule has 0 aromatic heterocycles. The number of halogens is 1. The molecule has 5 nitrogen and oxygen atoms in total. The molecule has 1 rings (SSSR count). The van der Waals surface area contributed by atoms with Crippen LogP contribution in [0.1, 0.15) is 10.4 Å². The molecule has 0 amide bonds. The Morgan fingerprint density at radius 3 is 2.71 bits per heavy atom. The number of benzene rings is 1. The van der Waals surface area contributed by atoms with Crippen molar-refractivity contribution < 1.29 is 18.3 Å². The molecular formula is C10H8BrNO4S. The van der Waals surface area contributed by atoms with Gasteiger partial charge >= 0.3 is 5.97 Å². The third-order valence-electron chi connectivity index (χ3n) is 1.83. The van der Waals surface area contributed by atoms with Crippen molar-refractivity contribution >= 4 is 31.9 Å². The van der Waals surface area contributed by atoms with E-state index in [2.05, 4.69) is 26.6 Å². The summed E-state index contributed by atoms with van der Waals surface area (Å²) in [6, 6.07) is 3.71. The first-order valence-corrected chi connectivity index (χ1v) is 6.62. The van der Waals surface area contributed by atoms with Crippen LogP contribution in [0.4, 0.5) is 0 Å². The first-order valence-electron chi connectivity index (χ1n) is 4.34. The highest BCUT2D eigenvalue weighted by Crippen LogP contribution is 2.23. The topological polar surface area (TPSA) is 83.5 Å². The lowest BCUT2D eigenvalue weighted by Gasteiger charge is -2.07. The van der Waals surface area contributed by atoms with Gasteiger partial charge in [-0.2, -0.15) is 4.72 Å². The van der Waals surface area contributed by atoms with Gasteiger partial charge in [-0.15, -0.1) is 6.42 Å². The standard InChI is InChI=1S/C10H8BrNO4S/c1-2-5-12-17(15,16)9-6-7(10(13)14)3-4-8(9)11/h1,3-4,6,12H,5H2,(H,13,14). The van der Waals surface area contributed by atoms with Gasteiger partial charge in [0.25, 0.3) is 0 Å². The summed E-state index contributed by atoms with van der Waals surface area (Å²) in [7, 11) is -3.81. The Balaban J connectivity index is 3.26. The quantitative estimate of drug-likeness (QED) is 0.813. The van der Waals surface area contributed by atoms with Crippen LogP contribution >= 0.6 is 15.9 Å². The molecule has 0 atom stereocenters. The highest BCUT2D eigenvalue weighted by atomic mass is 79.9. The second-order valence-electron chi connectivity index (χ2n) is 2.98. The van der Waals surface area contributed by atoms with E-state index in [4.69, 9.17) is 11.5 Å². The summed E-state index contributed by atoms with van der Waals surface area (Å²) >= 11 is 3.04. The fourth-order valence-corrected chi connectivity index (χ4v) is 2.98. The monoisotopic (exact) mass is 317 g/mol. The van der Waals surface area contributed by atoms with E-state index in [1.165, 1.54) is 12.1 Å². The van der Waals surface area contributed by atoms with Gasteiger partial charge in [-0.05, 0) is 34.1 Å². The van der Waals surface area contributed by atoms with E-state index in [9.17, 15) is 13.2 Å². The number of terminal acetylenes is 1. The lowest BCUT2D eigenvalue weighted by atomic mass is 10.2. The predicted octanol–water partition coefficient (Wildman–Crippen LogP) is 1.06. The Bertz CT molecular complexity index is 589. The van der Waals surface area contributed by atoms with Crippen molar-refractivity contribution in [2.75, 3.05) is 6.54 Å². The van der Waals surface area contributed by atoms with Gasteiger partial charge in [-0.3, -0.25) is 0 Å². The van der Waals surface area contributed by atoms with E-state index >= 15 is 0 Å². The molecule has 2 N–H and O–H groups in total. The Hall–Kier alpha value is -1.36. The predicted molar refractivity (Wildman–Crippen MR) is 65.1 cm³/mol. The van der Waals surface area contributed by atoms with E-state index in [1.54, 1.807) is 0 Å². The minimum absolute atomic E-state index is 0.116.